The van der Waals surface area contributed by atoms with Crippen LogP contribution in [0.15, 0.2) is 48.5 Å². The lowest BCUT2D eigenvalue weighted by molar-refractivity contribution is 0.0450. The van der Waals surface area contributed by atoms with Crippen LogP contribution in [0.4, 0.5) is 0 Å². The van der Waals surface area contributed by atoms with Gasteiger partial charge in [0, 0.05) is 0 Å². The van der Waals surface area contributed by atoms with Gasteiger partial charge >= 0.3 is 5.97 Å². The number of ether oxygens (including phenoxy) is 2. The van der Waals surface area contributed by atoms with E-state index in [1.165, 1.54) is 11.1 Å². The van der Waals surface area contributed by atoms with E-state index < -0.39 is 0 Å². The first-order chi connectivity index (χ1) is 11.1. The molecule has 0 bridgehead atoms. The first-order valence-corrected chi connectivity index (χ1v) is 8.06. The van der Waals surface area contributed by atoms with E-state index in [0.29, 0.717) is 18.1 Å². The molecule has 1 unspecified atom stereocenters. The lowest BCUT2D eigenvalue weighted by atomic mass is 9.98. The molecule has 3 nitrogen and oxygen atoms in total. The van der Waals surface area contributed by atoms with Crippen molar-refractivity contribution >= 4 is 5.97 Å². The predicted octanol–water partition coefficient (Wildman–Crippen LogP) is 4.74. The van der Waals surface area contributed by atoms with Crippen molar-refractivity contribution in [3.8, 4) is 5.75 Å². The maximum Gasteiger partial charge on any atom is 0.338 e. The average molecular weight is 312 g/mol. The fourth-order valence-corrected chi connectivity index (χ4v) is 2.20. The summed E-state index contributed by atoms with van der Waals surface area (Å²) in [4.78, 5) is 12.0. The third kappa shape index (κ3) is 5.13. The van der Waals surface area contributed by atoms with Gasteiger partial charge in [0.05, 0.1) is 5.56 Å². The smallest absolute Gasteiger partial charge is 0.338 e. The highest BCUT2D eigenvalue weighted by atomic mass is 16.6. The second-order valence-corrected chi connectivity index (χ2v) is 5.73. The Morgan fingerprint density at radius 3 is 2.26 bits per heavy atom. The number of esters is 1. The summed E-state index contributed by atoms with van der Waals surface area (Å²) < 4.78 is 10.8. The zero-order valence-corrected chi connectivity index (χ0v) is 14.0. The molecule has 2 rings (SSSR count). The molecule has 0 aliphatic heterocycles. The van der Waals surface area contributed by atoms with E-state index >= 15 is 0 Å². The van der Waals surface area contributed by atoms with Gasteiger partial charge in [0.1, 0.15) is 19.0 Å². The zero-order valence-electron chi connectivity index (χ0n) is 14.0. The summed E-state index contributed by atoms with van der Waals surface area (Å²) in [6.45, 7) is 6.94. The van der Waals surface area contributed by atoms with E-state index in [1.54, 1.807) is 0 Å². The van der Waals surface area contributed by atoms with Crippen LogP contribution in [0.3, 0.4) is 0 Å². The summed E-state index contributed by atoms with van der Waals surface area (Å²) in [7, 11) is 0. The Bertz CT molecular complexity index is 614. The third-order valence-electron chi connectivity index (χ3n) is 3.93. The van der Waals surface area contributed by atoms with Gasteiger partial charge in [-0.3, -0.25) is 0 Å². The van der Waals surface area contributed by atoms with Crippen molar-refractivity contribution in [3.05, 3.63) is 65.2 Å². The Kier molecular flexibility index (Phi) is 6.21. The molecule has 122 valence electrons. The maximum absolute atomic E-state index is 12.0. The highest BCUT2D eigenvalue weighted by Crippen LogP contribution is 2.19. The molecule has 0 amide bonds. The first-order valence-electron chi connectivity index (χ1n) is 8.06. The normalized spacial score (nSPS) is 11.8. The van der Waals surface area contributed by atoms with Gasteiger partial charge in [-0.2, -0.15) is 0 Å². The third-order valence-corrected chi connectivity index (χ3v) is 3.93. The SMILES string of the molecule is CCC(C)c1ccc(C(=O)OCCOc2ccc(C)cc2)cc1. The Balaban J connectivity index is 1.77. The second kappa shape index (κ2) is 8.37. The molecular formula is C20H24O3. The van der Waals surface area contributed by atoms with Crippen LogP contribution < -0.4 is 4.74 Å². The summed E-state index contributed by atoms with van der Waals surface area (Å²) in [6, 6.07) is 15.4. The van der Waals surface area contributed by atoms with E-state index in [-0.39, 0.29) is 12.6 Å². The highest BCUT2D eigenvalue weighted by molar-refractivity contribution is 5.89. The summed E-state index contributed by atoms with van der Waals surface area (Å²) in [6.07, 6.45) is 1.08. The fraction of sp³-hybridized carbons (Fsp3) is 0.350. The van der Waals surface area contributed by atoms with Crippen molar-refractivity contribution in [1.82, 2.24) is 0 Å². The molecule has 0 radical (unpaired) electrons. The number of rotatable bonds is 7. The minimum atomic E-state index is -0.312. The molecule has 0 aromatic heterocycles. The van der Waals surface area contributed by atoms with Crippen LogP contribution in [0.2, 0.25) is 0 Å². The van der Waals surface area contributed by atoms with E-state index in [4.69, 9.17) is 9.47 Å². The van der Waals surface area contributed by atoms with Crippen LogP contribution in [0.5, 0.6) is 5.75 Å². The van der Waals surface area contributed by atoms with E-state index in [2.05, 4.69) is 13.8 Å². The minimum absolute atomic E-state index is 0.236. The average Bonchev–Trinajstić information content (AvgIpc) is 2.59. The van der Waals surface area contributed by atoms with Crippen molar-refractivity contribution < 1.29 is 14.3 Å². The lowest BCUT2D eigenvalue weighted by Crippen LogP contribution is -2.12. The van der Waals surface area contributed by atoms with Crippen molar-refractivity contribution in [3.63, 3.8) is 0 Å². The monoisotopic (exact) mass is 312 g/mol. The Morgan fingerprint density at radius 2 is 1.65 bits per heavy atom. The number of aryl methyl sites for hydroxylation is 1. The Hall–Kier alpha value is -2.29. The van der Waals surface area contributed by atoms with Crippen LogP contribution in [0.25, 0.3) is 0 Å². The molecule has 3 heteroatoms. The summed E-state index contributed by atoms with van der Waals surface area (Å²) in [5.74, 6) is 0.973. The topological polar surface area (TPSA) is 35.5 Å². The Labute approximate surface area is 138 Å². The molecule has 1 atom stereocenters. The van der Waals surface area contributed by atoms with Crippen molar-refractivity contribution in [1.29, 1.82) is 0 Å². The molecule has 23 heavy (non-hydrogen) atoms. The largest absolute Gasteiger partial charge is 0.490 e. The van der Waals surface area contributed by atoms with Gasteiger partial charge < -0.3 is 9.47 Å². The van der Waals surface area contributed by atoms with Gasteiger partial charge in [-0.1, -0.05) is 43.7 Å². The van der Waals surface area contributed by atoms with Crippen molar-refractivity contribution in [2.24, 2.45) is 0 Å². The van der Waals surface area contributed by atoms with Crippen LogP contribution in [0.1, 0.15) is 47.7 Å². The summed E-state index contributed by atoms with van der Waals surface area (Å²) in [5.41, 5.74) is 3.00. The second-order valence-electron chi connectivity index (χ2n) is 5.73. The van der Waals surface area contributed by atoms with Gasteiger partial charge in [-0.05, 0) is 49.1 Å². The van der Waals surface area contributed by atoms with Crippen LogP contribution in [0, 0.1) is 6.92 Å². The molecule has 0 N–H and O–H groups in total. The van der Waals surface area contributed by atoms with E-state index in [1.807, 2.05) is 55.5 Å². The first kappa shape index (κ1) is 17.1. The standard InChI is InChI=1S/C20H24O3/c1-4-16(3)17-7-9-18(10-8-17)20(21)23-14-13-22-19-11-5-15(2)6-12-19/h5-12,16H,4,13-14H2,1-3H3. The molecule has 0 fully saturated rings. The number of carbonyl (C=O) groups is 1. The quantitative estimate of drug-likeness (QED) is 0.547. The zero-order chi connectivity index (χ0) is 16.7. The lowest BCUT2D eigenvalue weighted by Gasteiger charge is -2.10. The number of hydrogen-bond acceptors (Lipinski definition) is 3. The van der Waals surface area contributed by atoms with E-state index in [9.17, 15) is 4.79 Å². The fourth-order valence-electron chi connectivity index (χ4n) is 2.20. The van der Waals surface area contributed by atoms with Gasteiger partial charge in [-0.25, -0.2) is 4.79 Å². The molecular weight excluding hydrogens is 288 g/mol. The molecule has 0 aliphatic carbocycles. The molecule has 2 aromatic rings. The number of carbonyl (C=O) groups excluding carboxylic acids is 1. The summed E-state index contributed by atoms with van der Waals surface area (Å²) in [5, 5.41) is 0. The summed E-state index contributed by atoms with van der Waals surface area (Å²) >= 11 is 0. The minimum Gasteiger partial charge on any atom is -0.490 e. The maximum atomic E-state index is 12.0. The molecule has 0 aliphatic rings. The predicted molar refractivity (Wildman–Crippen MR) is 92.1 cm³/mol. The van der Waals surface area contributed by atoms with Crippen LogP contribution in [-0.4, -0.2) is 19.2 Å². The van der Waals surface area contributed by atoms with Crippen molar-refractivity contribution in [2.75, 3.05) is 13.2 Å². The molecule has 0 spiro atoms. The van der Waals surface area contributed by atoms with Crippen molar-refractivity contribution in [2.45, 2.75) is 33.1 Å². The van der Waals surface area contributed by atoms with Gasteiger partial charge in [-0.15, -0.1) is 0 Å². The van der Waals surface area contributed by atoms with Gasteiger partial charge in [0.25, 0.3) is 0 Å². The molecule has 0 saturated carbocycles. The van der Waals surface area contributed by atoms with E-state index in [0.717, 1.165) is 12.2 Å². The number of benzene rings is 2. The van der Waals surface area contributed by atoms with Crippen LogP contribution >= 0.6 is 0 Å². The molecule has 0 saturated heterocycles. The van der Waals surface area contributed by atoms with Gasteiger partial charge in [0.15, 0.2) is 0 Å². The van der Waals surface area contributed by atoms with Crippen LogP contribution in [-0.2, 0) is 4.74 Å². The highest BCUT2D eigenvalue weighted by Gasteiger charge is 2.08. The molecule has 2 aromatic carbocycles. The number of hydrogen-bond donors (Lipinski definition) is 0. The Morgan fingerprint density at radius 1 is 1.00 bits per heavy atom. The van der Waals surface area contributed by atoms with Gasteiger partial charge in [0.2, 0.25) is 0 Å². The molecule has 0 heterocycles.